The summed E-state index contributed by atoms with van der Waals surface area (Å²) in [4.78, 5) is 9.93. The van der Waals surface area contributed by atoms with Gasteiger partial charge in [0.1, 0.15) is 0 Å². The van der Waals surface area contributed by atoms with Crippen molar-refractivity contribution in [3.63, 3.8) is 0 Å². The summed E-state index contributed by atoms with van der Waals surface area (Å²) in [6.07, 6.45) is 5.50. The molecule has 2 heteroatoms. The van der Waals surface area contributed by atoms with Crippen LogP contribution in [0, 0.1) is 5.92 Å². The van der Waals surface area contributed by atoms with Crippen molar-refractivity contribution in [3.8, 4) is 0 Å². The standard InChI is InChI=1S/C9H18NO/c1-3-5-6-9(4-2)7-10-8-11/h8-9H,3-7H2,1-2H3. The van der Waals surface area contributed by atoms with E-state index in [0.717, 1.165) is 13.0 Å². The van der Waals surface area contributed by atoms with E-state index in [1.54, 1.807) is 0 Å². The number of hydrogen-bond donors (Lipinski definition) is 0. The third-order valence-electron chi connectivity index (χ3n) is 1.98. The number of nitrogens with zero attached hydrogens (tertiary/aromatic N) is 1. The van der Waals surface area contributed by atoms with E-state index in [-0.39, 0.29) is 0 Å². The van der Waals surface area contributed by atoms with Crippen LogP contribution in [-0.4, -0.2) is 13.0 Å². The van der Waals surface area contributed by atoms with Crippen molar-refractivity contribution in [1.82, 2.24) is 5.32 Å². The first-order chi connectivity index (χ1) is 5.35. The van der Waals surface area contributed by atoms with Crippen LogP contribution in [0.2, 0.25) is 0 Å². The molecule has 11 heavy (non-hydrogen) atoms. The lowest BCUT2D eigenvalue weighted by atomic mass is 10.00. The number of rotatable bonds is 7. The van der Waals surface area contributed by atoms with Crippen molar-refractivity contribution >= 4 is 6.41 Å². The van der Waals surface area contributed by atoms with E-state index in [9.17, 15) is 4.79 Å². The highest BCUT2D eigenvalue weighted by Crippen LogP contribution is 2.10. The van der Waals surface area contributed by atoms with Crippen molar-refractivity contribution in [2.45, 2.75) is 39.5 Å². The Hall–Kier alpha value is -0.530. The van der Waals surface area contributed by atoms with E-state index in [2.05, 4.69) is 19.2 Å². The Kier molecular flexibility index (Phi) is 7.21. The fourth-order valence-corrected chi connectivity index (χ4v) is 1.11. The van der Waals surface area contributed by atoms with Crippen molar-refractivity contribution in [2.24, 2.45) is 5.92 Å². The first kappa shape index (κ1) is 10.5. The summed E-state index contributed by atoms with van der Waals surface area (Å²) in [5.41, 5.74) is 0. The average Bonchev–Trinajstić information content (AvgIpc) is 2.05. The Morgan fingerprint density at radius 1 is 1.45 bits per heavy atom. The van der Waals surface area contributed by atoms with E-state index in [1.807, 2.05) is 0 Å². The second kappa shape index (κ2) is 7.58. The monoisotopic (exact) mass is 156 g/mol. The molecule has 0 aliphatic rings. The van der Waals surface area contributed by atoms with Gasteiger partial charge in [0.2, 0.25) is 6.41 Å². The van der Waals surface area contributed by atoms with Gasteiger partial charge < -0.3 is 0 Å². The molecule has 0 bridgehead atoms. The second-order valence-electron chi connectivity index (χ2n) is 2.89. The maximum Gasteiger partial charge on any atom is 0.228 e. The number of carbonyl (C=O) groups excluding carboxylic acids is 1. The van der Waals surface area contributed by atoms with Crippen LogP contribution in [0.4, 0.5) is 0 Å². The van der Waals surface area contributed by atoms with Crippen LogP contribution in [0.1, 0.15) is 39.5 Å². The van der Waals surface area contributed by atoms with E-state index < -0.39 is 0 Å². The largest absolute Gasteiger partial charge is 0.277 e. The Morgan fingerprint density at radius 3 is 2.64 bits per heavy atom. The molecule has 0 spiro atoms. The Bertz CT molecular complexity index is 93.6. The summed E-state index contributed by atoms with van der Waals surface area (Å²) >= 11 is 0. The summed E-state index contributed by atoms with van der Waals surface area (Å²) in [5.74, 6) is 0.625. The minimum absolute atomic E-state index is 0.625. The zero-order chi connectivity index (χ0) is 8.53. The molecular formula is C9H18NO. The van der Waals surface area contributed by atoms with Crippen molar-refractivity contribution in [3.05, 3.63) is 0 Å². The molecule has 0 N–H and O–H groups in total. The molecule has 0 aliphatic carbocycles. The van der Waals surface area contributed by atoms with Crippen molar-refractivity contribution in [1.29, 1.82) is 0 Å². The predicted molar refractivity (Wildman–Crippen MR) is 46.4 cm³/mol. The van der Waals surface area contributed by atoms with Crippen LogP contribution in [0.5, 0.6) is 0 Å². The second-order valence-corrected chi connectivity index (χ2v) is 2.89. The van der Waals surface area contributed by atoms with Gasteiger partial charge >= 0.3 is 0 Å². The molecule has 0 heterocycles. The Balaban J connectivity index is 3.32. The van der Waals surface area contributed by atoms with Gasteiger partial charge in [-0.25, -0.2) is 0 Å². The van der Waals surface area contributed by atoms with E-state index in [4.69, 9.17) is 0 Å². The lowest BCUT2D eigenvalue weighted by molar-refractivity contribution is -0.110. The molecule has 0 aromatic rings. The van der Waals surface area contributed by atoms with Gasteiger partial charge in [-0.2, -0.15) is 0 Å². The molecule has 0 aliphatic heterocycles. The first-order valence-electron chi connectivity index (χ1n) is 4.45. The third kappa shape index (κ3) is 5.89. The zero-order valence-electron chi connectivity index (χ0n) is 7.55. The van der Waals surface area contributed by atoms with Gasteiger partial charge in [-0.05, 0) is 12.3 Å². The normalized spacial score (nSPS) is 12.5. The predicted octanol–water partition coefficient (Wildman–Crippen LogP) is 1.96. The van der Waals surface area contributed by atoms with Gasteiger partial charge in [-0.1, -0.05) is 33.1 Å². The number of hydrogen-bond acceptors (Lipinski definition) is 1. The number of amides is 1. The molecule has 1 unspecified atom stereocenters. The van der Waals surface area contributed by atoms with Gasteiger partial charge in [0.25, 0.3) is 0 Å². The highest BCUT2D eigenvalue weighted by atomic mass is 16.1. The van der Waals surface area contributed by atoms with Crippen molar-refractivity contribution < 1.29 is 4.79 Å². The number of unbranched alkanes of at least 4 members (excludes halogenated alkanes) is 1. The van der Waals surface area contributed by atoms with Gasteiger partial charge in [-0.3, -0.25) is 10.1 Å². The SMILES string of the molecule is CCCCC(CC)C[N]C=O. The molecule has 0 saturated heterocycles. The molecule has 1 atom stereocenters. The van der Waals surface area contributed by atoms with Crippen LogP contribution in [0.25, 0.3) is 0 Å². The maximum absolute atomic E-state index is 9.93. The van der Waals surface area contributed by atoms with Crippen LogP contribution >= 0.6 is 0 Å². The summed E-state index contributed by atoms with van der Waals surface area (Å²) in [6.45, 7) is 5.06. The molecular weight excluding hydrogens is 138 g/mol. The van der Waals surface area contributed by atoms with E-state index in [0.29, 0.717) is 12.3 Å². The van der Waals surface area contributed by atoms with Crippen LogP contribution in [-0.2, 0) is 4.79 Å². The summed E-state index contributed by atoms with van der Waals surface area (Å²) in [7, 11) is 0. The molecule has 65 valence electrons. The molecule has 0 aromatic heterocycles. The summed E-state index contributed by atoms with van der Waals surface area (Å²) in [5, 5.41) is 3.72. The van der Waals surface area contributed by atoms with Crippen LogP contribution < -0.4 is 5.32 Å². The highest BCUT2D eigenvalue weighted by molar-refractivity contribution is 5.45. The minimum atomic E-state index is 0.625. The lowest BCUT2D eigenvalue weighted by Gasteiger charge is -2.11. The van der Waals surface area contributed by atoms with Crippen LogP contribution in [0.3, 0.4) is 0 Å². The third-order valence-corrected chi connectivity index (χ3v) is 1.98. The Labute approximate surface area is 69.4 Å². The van der Waals surface area contributed by atoms with Gasteiger partial charge in [0, 0.05) is 6.54 Å². The van der Waals surface area contributed by atoms with Gasteiger partial charge in [0.05, 0.1) is 0 Å². The fourth-order valence-electron chi connectivity index (χ4n) is 1.11. The van der Waals surface area contributed by atoms with E-state index >= 15 is 0 Å². The average molecular weight is 156 g/mol. The smallest absolute Gasteiger partial charge is 0.228 e. The summed E-state index contributed by atoms with van der Waals surface area (Å²) in [6, 6.07) is 0. The van der Waals surface area contributed by atoms with Crippen LogP contribution in [0.15, 0.2) is 0 Å². The minimum Gasteiger partial charge on any atom is -0.277 e. The molecule has 1 radical (unpaired) electrons. The molecule has 0 rings (SSSR count). The highest BCUT2D eigenvalue weighted by Gasteiger charge is 2.04. The first-order valence-corrected chi connectivity index (χ1v) is 4.45. The zero-order valence-corrected chi connectivity index (χ0v) is 7.55. The quantitative estimate of drug-likeness (QED) is 0.518. The van der Waals surface area contributed by atoms with Gasteiger partial charge in [-0.15, -0.1) is 0 Å². The van der Waals surface area contributed by atoms with Crippen molar-refractivity contribution in [2.75, 3.05) is 6.54 Å². The molecule has 2 nitrogen and oxygen atoms in total. The van der Waals surface area contributed by atoms with E-state index in [1.165, 1.54) is 19.3 Å². The molecule has 0 saturated carbocycles. The molecule has 1 amide bonds. The topological polar surface area (TPSA) is 31.2 Å². The summed E-state index contributed by atoms with van der Waals surface area (Å²) < 4.78 is 0. The molecule has 0 fully saturated rings. The molecule has 0 aromatic carbocycles. The number of carbonyl (C=O) groups is 1. The fraction of sp³-hybridized carbons (Fsp3) is 0.889. The lowest BCUT2D eigenvalue weighted by Crippen LogP contribution is -2.14. The maximum atomic E-state index is 9.93. The van der Waals surface area contributed by atoms with Gasteiger partial charge in [0.15, 0.2) is 0 Å². The Morgan fingerprint density at radius 2 is 2.18 bits per heavy atom.